The third-order valence-electron chi connectivity index (χ3n) is 13.5. The summed E-state index contributed by atoms with van der Waals surface area (Å²) in [7, 11) is 0. The van der Waals surface area contributed by atoms with Crippen molar-refractivity contribution in [3.63, 3.8) is 0 Å². The number of para-hydroxylation sites is 3. The SMILES string of the molecule is C1=Cc2cc(-c3ccc(N(c4ccc(-n5c6ccccc6c6ccccc65)cc4)c4ccccc4-c4ccc5oc6c7ccccc7ccc6c5c4)cc3)c3c(c2CC1)CCC=C3. The highest BCUT2D eigenvalue weighted by atomic mass is 16.3. The molecule has 9 aromatic carbocycles. The van der Waals surface area contributed by atoms with E-state index in [2.05, 4.69) is 216 Å². The van der Waals surface area contributed by atoms with Gasteiger partial charge in [0.05, 0.1) is 16.7 Å². The van der Waals surface area contributed by atoms with Crippen LogP contribution >= 0.6 is 0 Å². The minimum atomic E-state index is 0.894. The maximum absolute atomic E-state index is 6.56. The molecule has 0 spiro atoms. The van der Waals surface area contributed by atoms with Crippen LogP contribution in [0.15, 0.2) is 199 Å². The van der Waals surface area contributed by atoms with Crippen LogP contribution in [0.1, 0.15) is 35.1 Å². The van der Waals surface area contributed by atoms with E-state index < -0.39 is 0 Å². The first-order valence-corrected chi connectivity index (χ1v) is 22.2. The van der Waals surface area contributed by atoms with Crippen LogP contribution in [-0.4, -0.2) is 4.57 Å². The molecule has 0 fully saturated rings. The van der Waals surface area contributed by atoms with Gasteiger partial charge in [0.1, 0.15) is 11.2 Å². The Morgan fingerprint density at radius 2 is 1.11 bits per heavy atom. The first-order chi connectivity index (χ1) is 31.2. The molecule has 2 heterocycles. The highest BCUT2D eigenvalue weighted by Gasteiger charge is 2.22. The molecule has 2 aliphatic rings. The Kier molecular flexibility index (Phi) is 8.17. The topological polar surface area (TPSA) is 21.3 Å². The van der Waals surface area contributed by atoms with Gasteiger partial charge in [-0.25, -0.2) is 0 Å². The fraction of sp³-hybridized carbons (Fsp3) is 0.0667. The minimum absolute atomic E-state index is 0.894. The molecule has 0 saturated heterocycles. The fourth-order valence-electron chi connectivity index (χ4n) is 10.6. The average molecular weight is 807 g/mol. The summed E-state index contributed by atoms with van der Waals surface area (Å²) in [6.07, 6.45) is 13.9. The maximum Gasteiger partial charge on any atom is 0.143 e. The van der Waals surface area contributed by atoms with Gasteiger partial charge in [0.2, 0.25) is 0 Å². The molecule has 0 bridgehead atoms. The van der Waals surface area contributed by atoms with Crippen LogP contribution in [-0.2, 0) is 12.8 Å². The van der Waals surface area contributed by atoms with Crippen molar-refractivity contribution in [1.29, 1.82) is 0 Å². The van der Waals surface area contributed by atoms with Crippen molar-refractivity contribution in [3.05, 3.63) is 216 Å². The zero-order valence-electron chi connectivity index (χ0n) is 34.8. The molecular formula is C60H42N2O. The Balaban J connectivity index is 0.970. The molecule has 2 aromatic heterocycles. The number of nitrogens with zero attached hydrogens (tertiary/aromatic N) is 2. The Morgan fingerprint density at radius 3 is 1.90 bits per heavy atom. The van der Waals surface area contributed by atoms with E-state index >= 15 is 0 Å². The van der Waals surface area contributed by atoms with Gasteiger partial charge < -0.3 is 13.9 Å². The lowest BCUT2D eigenvalue weighted by Crippen LogP contribution is -2.11. The van der Waals surface area contributed by atoms with Gasteiger partial charge in [0.25, 0.3) is 0 Å². The number of anilines is 3. The highest BCUT2D eigenvalue weighted by molar-refractivity contribution is 6.16. The van der Waals surface area contributed by atoms with Crippen LogP contribution in [0.4, 0.5) is 17.1 Å². The molecular weight excluding hydrogens is 765 g/mol. The zero-order valence-corrected chi connectivity index (χ0v) is 34.8. The summed E-state index contributed by atoms with van der Waals surface area (Å²) in [5.41, 5.74) is 19.3. The molecule has 63 heavy (non-hydrogen) atoms. The Morgan fingerprint density at radius 1 is 0.460 bits per heavy atom. The predicted octanol–water partition coefficient (Wildman–Crippen LogP) is 16.6. The molecule has 0 amide bonds. The smallest absolute Gasteiger partial charge is 0.143 e. The first kappa shape index (κ1) is 35.8. The lowest BCUT2D eigenvalue weighted by Gasteiger charge is -2.28. The Hall–Kier alpha value is -7.88. The van der Waals surface area contributed by atoms with Crippen LogP contribution in [0.5, 0.6) is 0 Å². The summed E-state index contributed by atoms with van der Waals surface area (Å²) < 4.78 is 8.95. The molecule has 0 atom stereocenters. The second kappa shape index (κ2) is 14.4. The number of benzene rings is 9. The molecule has 0 N–H and O–H groups in total. The summed E-state index contributed by atoms with van der Waals surface area (Å²) in [5.74, 6) is 0. The van der Waals surface area contributed by atoms with Crippen LogP contribution in [0.3, 0.4) is 0 Å². The van der Waals surface area contributed by atoms with E-state index in [1.54, 1.807) is 5.56 Å². The van der Waals surface area contributed by atoms with Crippen molar-refractivity contribution >= 4 is 83.7 Å². The average Bonchev–Trinajstić information content (AvgIpc) is 3.90. The highest BCUT2D eigenvalue weighted by Crippen LogP contribution is 2.45. The van der Waals surface area contributed by atoms with Gasteiger partial charge >= 0.3 is 0 Å². The second-order valence-corrected chi connectivity index (χ2v) is 17.0. The van der Waals surface area contributed by atoms with Gasteiger partial charge in [-0.2, -0.15) is 0 Å². The van der Waals surface area contributed by atoms with Gasteiger partial charge in [-0.3, -0.25) is 0 Å². The van der Waals surface area contributed by atoms with E-state index in [9.17, 15) is 0 Å². The van der Waals surface area contributed by atoms with Crippen LogP contribution in [0.25, 0.3) is 94.6 Å². The van der Waals surface area contributed by atoms with E-state index in [1.807, 2.05) is 0 Å². The Bertz CT molecular complexity index is 3620. The van der Waals surface area contributed by atoms with Crippen molar-refractivity contribution in [1.82, 2.24) is 4.57 Å². The first-order valence-electron chi connectivity index (χ1n) is 22.2. The zero-order chi connectivity index (χ0) is 41.4. The van der Waals surface area contributed by atoms with Gasteiger partial charge in [0.15, 0.2) is 0 Å². The van der Waals surface area contributed by atoms with Crippen molar-refractivity contribution in [2.24, 2.45) is 0 Å². The molecule has 298 valence electrons. The summed E-state index contributed by atoms with van der Waals surface area (Å²) in [6, 6.07) is 66.5. The monoisotopic (exact) mass is 806 g/mol. The molecule has 0 aliphatic heterocycles. The minimum Gasteiger partial charge on any atom is -0.455 e. The van der Waals surface area contributed by atoms with E-state index in [4.69, 9.17) is 4.42 Å². The predicted molar refractivity (Wildman–Crippen MR) is 266 cm³/mol. The number of fused-ring (bicyclic) bond motifs is 11. The summed E-state index contributed by atoms with van der Waals surface area (Å²) in [5, 5.41) is 7.08. The third kappa shape index (κ3) is 5.73. The number of rotatable bonds is 6. The fourth-order valence-corrected chi connectivity index (χ4v) is 10.6. The number of allylic oxidation sites excluding steroid dienone is 2. The number of hydrogen-bond acceptors (Lipinski definition) is 2. The second-order valence-electron chi connectivity index (χ2n) is 17.0. The molecule has 3 heteroatoms. The molecule has 11 aromatic rings. The molecule has 0 unspecified atom stereocenters. The molecule has 0 radical (unpaired) electrons. The van der Waals surface area contributed by atoms with E-state index in [0.717, 1.165) is 86.9 Å². The van der Waals surface area contributed by atoms with Gasteiger partial charge in [-0.15, -0.1) is 0 Å². The lowest BCUT2D eigenvalue weighted by atomic mass is 9.81. The number of furan rings is 1. The van der Waals surface area contributed by atoms with E-state index in [1.165, 1.54) is 55.0 Å². The van der Waals surface area contributed by atoms with Gasteiger partial charge in [-0.05, 0) is 149 Å². The van der Waals surface area contributed by atoms with E-state index in [-0.39, 0.29) is 0 Å². The summed E-state index contributed by atoms with van der Waals surface area (Å²) >= 11 is 0. The van der Waals surface area contributed by atoms with Crippen molar-refractivity contribution in [2.45, 2.75) is 25.7 Å². The quantitative estimate of drug-likeness (QED) is 0.167. The normalized spacial score (nSPS) is 13.3. The van der Waals surface area contributed by atoms with Crippen LogP contribution in [0.2, 0.25) is 0 Å². The number of hydrogen-bond donors (Lipinski definition) is 0. The van der Waals surface area contributed by atoms with Gasteiger partial charge in [-0.1, -0.05) is 127 Å². The molecule has 0 saturated carbocycles. The number of aromatic nitrogens is 1. The maximum atomic E-state index is 6.56. The molecule has 3 nitrogen and oxygen atoms in total. The summed E-state index contributed by atoms with van der Waals surface area (Å²) in [6.45, 7) is 0. The van der Waals surface area contributed by atoms with E-state index in [0.29, 0.717) is 0 Å². The Labute approximate surface area is 366 Å². The standard InChI is InChI=1S/C60H42N2O/c1-4-17-48-39(13-1)27-35-53-55-38-42(28-36-59(55)63-60(48)53)47-16-7-10-22-56(47)61(44-31-33-45(34-32-44)62-57-23-11-8-20-51(57)52-21-9-12-24-58(52)62)43-29-25-40(26-30-43)54-37-41-14-2-3-15-46(41)49-18-5-6-19-50(49)54/h1-2,4,6-14,16-17,19-38H,3,5,15,18H2. The van der Waals surface area contributed by atoms with Crippen molar-refractivity contribution in [3.8, 4) is 27.9 Å². The van der Waals surface area contributed by atoms with Crippen LogP contribution in [0, 0.1) is 0 Å². The van der Waals surface area contributed by atoms with Crippen molar-refractivity contribution < 1.29 is 4.42 Å². The van der Waals surface area contributed by atoms with Crippen molar-refractivity contribution in [2.75, 3.05) is 4.90 Å². The third-order valence-corrected chi connectivity index (χ3v) is 13.5. The lowest BCUT2D eigenvalue weighted by molar-refractivity contribution is 0.672. The summed E-state index contributed by atoms with van der Waals surface area (Å²) in [4.78, 5) is 2.42. The van der Waals surface area contributed by atoms with Crippen LogP contribution < -0.4 is 4.90 Å². The molecule has 13 rings (SSSR count). The largest absolute Gasteiger partial charge is 0.455 e. The van der Waals surface area contributed by atoms with Gasteiger partial charge in [0, 0.05) is 49.6 Å². The molecule has 2 aliphatic carbocycles.